The van der Waals surface area contributed by atoms with Crippen LogP contribution in [0.1, 0.15) is 29.4 Å². The Bertz CT molecular complexity index is 599. The van der Waals surface area contributed by atoms with E-state index in [2.05, 4.69) is 30.3 Å². The van der Waals surface area contributed by atoms with Gasteiger partial charge in [0.15, 0.2) is 0 Å². The van der Waals surface area contributed by atoms with Crippen LogP contribution >= 0.6 is 23.4 Å². The molecule has 0 saturated heterocycles. The summed E-state index contributed by atoms with van der Waals surface area (Å²) in [5.41, 5.74) is 2.56. The molecule has 104 valence electrons. The van der Waals surface area contributed by atoms with Crippen molar-refractivity contribution in [2.75, 3.05) is 12.4 Å². The molecular formula is C17H17ClOS. The van der Waals surface area contributed by atoms with Gasteiger partial charge in [-0.2, -0.15) is 0 Å². The molecule has 1 N–H and O–H groups in total. The Balaban J connectivity index is 1.80. The van der Waals surface area contributed by atoms with Crippen LogP contribution in [0, 0.1) is 0 Å². The third kappa shape index (κ3) is 2.88. The maximum Gasteiger partial charge on any atom is 0.0499 e. The number of fused-ring (bicyclic) bond motifs is 1. The van der Waals surface area contributed by atoms with Crippen LogP contribution in [0.2, 0.25) is 5.02 Å². The van der Waals surface area contributed by atoms with E-state index >= 15 is 0 Å². The van der Waals surface area contributed by atoms with Crippen molar-refractivity contribution in [2.45, 2.75) is 23.2 Å². The van der Waals surface area contributed by atoms with Crippen LogP contribution in [0.5, 0.6) is 0 Å². The van der Waals surface area contributed by atoms with Crippen molar-refractivity contribution in [1.29, 1.82) is 0 Å². The number of aliphatic hydroxyl groups is 1. The van der Waals surface area contributed by atoms with Crippen molar-refractivity contribution in [1.82, 2.24) is 0 Å². The van der Waals surface area contributed by atoms with Crippen LogP contribution in [0.25, 0.3) is 0 Å². The van der Waals surface area contributed by atoms with Crippen molar-refractivity contribution in [3.8, 4) is 0 Å². The standard InChI is InChI=1S/C17H17ClOS/c18-15-5-3-4-12(9-15)13(10-19)8-14-11-20-17-7-2-1-6-16(14)17/h1-7,9,13-14,19H,8,10-11H2. The number of hydrogen-bond donors (Lipinski definition) is 1. The molecule has 1 nitrogen and oxygen atoms in total. The maximum atomic E-state index is 9.73. The number of benzene rings is 2. The van der Waals surface area contributed by atoms with E-state index in [1.165, 1.54) is 10.5 Å². The average Bonchev–Trinajstić information content (AvgIpc) is 2.88. The number of halogens is 1. The molecule has 2 aromatic rings. The fraction of sp³-hybridized carbons (Fsp3) is 0.294. The molecule has 0 fully saturated rings. The summed E-state index contributed by atoms with van der Waals surface area (Å²) < 4.78 is 0. The second kappa shape index (κ2) is 6.21. The smallest absolute Gasteiger partial charge is 0.0499 e. The van der Waals surface area contributed by atoms with E-state index in [-0.39, 0.29) is 12.5 Å². The number of aliphatic hydroxyl groups excluding tert-OH is 1. The third-order valence-corrected chi connectivity index (χ3v) is 5.40. The predicted octanol–water partition coefficient (Wildman–Crippen LogP) is 4.70. The number of rotatable bonds is 4. The first-order valence-corrected chi connectivity index (χ1v) is 8.22. The fourth-order valence-electron chi connectivity index (χ4n) is 2.84. The minimum atomic E-state index is 0.158. The van der Waals surface area contributed by atoms with E-state index in [1.54, 1.807) is 0 Å². The molecule has 0 spiro atoms. The van der Waals surface area contributed by atoms with Crippen LogP contribution in [-0.4, -0.2) is 17.5 Å². The molecule has 1 aliphatic heterocycles. The highest BCUT2D eigenvalue weighted by Crippen LogP contribution is 2.43. The first-order chi connectivity index (χ1) is 9.78. The van der Waals surface area contributed by atoms with Crippen LogP contribution in [0.3, 0.4) is 0 Å². The van der Waals surface area contributed by atoms with Gasteiger partial charge in [0.1, 0.15) is 0 Å². The Morgan fingerprint density at radius 2 is 2.05 bits per heavy atom. The quantitative estimate of drug-likeness (QED) is 0.884. The minimum Gasteiger partial charge on any atom is -0.396 e. The monoisotopic (exact) mass is 304 g/mol. The zero-order valence-electron chi connectivity index (χ0n) is 11.1. The minimum absolute atomic E-state index is 0.158. The summed E-state index contributed by atoms with van der Waals surface area (Å²) in [5.74, 6) is 1.79. The van der Waals surface area contributed by atoms with Gasteiger partial charge in [0.2, 0.25) is 0 Å². The molecule has 0 aliphatic carbocycles. The molecule has 2 atom stereocenters. The number of hydrogen-bond acceptors (Lipinski definition) is 2. The Hall–Kier alpha value is -0.960. The van der Waals surface area contributed by atoms with Gasteiger partial charge in [-0.1, -0.05) is 41.9 Å². The highest BCUT2D eigenvalue weighted by molar-refractivity contribution is 7.99. The predicted molar refractivity (Wildman–Crippen MR) is 85.8 cm³/mol. The first-order valence-electron chi connectivity index (χ1n) is 6.86. The van der Waals surface area contributed by atoms with Crippen molar-refractivity contribution >= 4 is 23.4 Å². The molecular weight excluding hydrogens is 288 g/mol. The molecule has 20 heavy (non-hydrogen) atoms. The molecule has 1 aliphatic rings. The summed E-state index contributed by atoms with van der Waals surface area (Å²) in [4.78, 5) is 1.39. The van der Waals surface area contributed by atoms with Crippen molar-refractivity contribution in [3.05, 3.63) is 64.7 Å². The summed E-state index contributed by atoms with van der Waals surface area (Å²) in [6.07, 6.45) is 0.973. The van der Waals surface area contributed by atoms with Gasteiger partial charge in [0.25, 0.3) is 0 Å². The highest BCUT2D eigenvalue weighted by atomic mass is 35.5. The fourth-order valence-corrected chi connectivity index (χ4v) is 4.32. The van der Waals surface area contributed by atoms with Gasteiger partial charge in [-0.25, -0.2) is 0 Å². The third-order valence-electron chi connectivity index (χ3n) is 3.91. The lowest BCUT2D eigenvalue weighted by Crippen LogP contribution is -2.10. The van der Waals surface area contributed by atoms with Gasteiger partial charge < -0.3 is 5.11 Å². The second-order valence-corrected chi connectivity index (χ2v) is 6.71. The SMILES string of the molecule is OCC(CC1CSc2ccccc21)c1cccc(Cl)c1. The topological polar surface area (TPSA) is 20.2 Å². The lowest BCUT2D eigenvalue weighted by atomic mass is 9.86. The van der Waals surface area contributed by atoms with Gasteiger partial charge in [-0.05, 0) is 41.7 Å². The first kappa shape index (κ1) is 14.0. The lowest BCUT2D eigenvalue weighted by molar-refractivity contribution is 0.255. The Morgan fingerprint density at radius 3 is 2.85 bits per heavy atom. The van der Waals surface area contributed by atoms with Crippen LogP contribution in [0.4, 0.5) is 0 Å². The molecule has 0 saturated carbocycles. The van der Waals surface area contributed by atoms with Crippen LogP contribution in [0.15, 0.2) is 53.4 Å². The summed E-state index contributed by atoms with van der Waals surface area (Å²) in [6, 6.07) is 16.5. The Labute approximate surface area is 129 Å². The highest BCUT2D eigenvalue weighted by Gasteiger charge is 2.26. The second-order valence-electron chi connectivity index (χ2n) is 5.22. The van der Waals surface area contributed by atoms with Crippen LogP contribution < -0.4 is 0 Å². The van der Waals surface area contributed by atoms with Crippen molar-refractivity contribution in [3.63, 3.8) is 0 Å². The van der Waals surface area contributed by atoms with E-state index in [4.69, 9.17) is 11.6 Å². The largest absolute Gasteiger partial charge is 0.396 e. The van der Waals surface area contributed by atoms with E-state index in [0.29, 0.717) is 5.92 Å². The van der Waals surface area contributed by atoms with Gasteiger partial charge in [-0.15, -0.1) is 11.8 Å². The molecule has 2 unspecified atom stereocenters. The molecule has 0 amide bonds. The van der Waals surface area contributed by atoms with E-state index in [1.807, 2.05) is 30.0 Å². The number of thioether (sulfide) groups is 1. The van der Waals surface area contributed by atoms with Crippen molar-refractivity contribution in [2.24, 2.45) is 0 Å². The molecule has 0 radical (unpaired) electrons. The normalized spacial score (nSPS) is 18.8. The molecule has 2 aromatic carbocycles. The van der Waals surface area contributed by atoms with Gasteiger partial charge in [-0.3, -0.25) is 0 Å². The van der Waals surface area contributed by atoms with Gasteiger partial charge in [0.05, 0.1) is 0 Å². The summed E-state index contributed by atoms with van der Waals surface area (Å²) in [7, 11) is 0. The zero-order chi connectivity index (χ0) is 13.9. The summed E-state index contributed by atoms with van der Waals surface area (Å²) in [6.45, 7) is 0.170. The van der Waals surface area contributed by atoms with Gasteiger partial charge in [0, 0.05) is 28.2 Å². The van der Waals surface area contributed by atoms with E-state index in [9.17, 15) is 5.11 Å². The van der Waals surface area contributed by atoms with Crippen LogP contribution in [-0.2, 0) is 0 Å². The molecule has 0 bridgehead atoms. The van der Waals surface area contributed by atoms with E-state index in [0.717, 1.165) is 22.8 Å². The Morgan fingerprint density at radius 1 is 1.20 bits per heavy atom. The molecule has 3 heteroatoms. The molecule has 1 heterocycles. The maximum absolute atomic E-state index is 9.73. The Kier molecular flexibility index (Phi) is 4.35. The lowest BCUT2D eigenvalue weighted by Gasteiger charge is -2.19. The van der Waals surface area contributed by atoms with E-state index < -0.39 is 0 Å². The zero-order valence-corrected chi connectivity index (χ0v) is 12.7. The van der Waals surface area contributed by atoms with Crippen molar-refractivity contribution < 1.29 is 5.11 Å². The molecule has 0 aromatic heterocycles. The molecule has 3 rings (SSSR count). The summed E-state index contributed by atoms with van der Waals surface area (Å²) >= 11 is 7.98. The van der Waals surface area contributed by atoms with Gasteiger partial charge >= 0.3 is 0 Å². The summed E-state index contributed by atoms with van der Waals surface area (Å²) in [5, 5.41) is 10.5. The average molecular weight is 305 g/mol.